The van der Waals surface area contributed by atoms with Crippen molar-refractivity contribution in [2.45, 2.75) is 0 Å². The quantitative estimate of drug-likeness (QED) is 0.598. The van der Waals surface area contributed by atoms with Crippen LogP contribution in [0.2, 0.25) is 0 Å². The highest BCUT2D eigenvalue weighted by Gasteiger charge is 1.97. The maximum absolute atomic E-state index is 10.4. The van der Waals surface area contributed by atoms with Crippen molar-refractivity contribution in [1.29, 1.82) is 0 Å². The van der Waals surface area contributed by atoms with E-state index < -0.39 is 5.97 Å². The molecule has 1 aromatic carbocycles. The molecule has 0 saturated carbocycles. The molecule has 0 aliphatic rings. The van der Waals surface area contributed by atoms with Gasteiger partial charge >= 0.3 is 5.97 Å². The highest BCUT2D eigenvalue weighted by molar-refractivity contribution is 5.84. The molecular weight excluding hydrogens is 270 g/mol. The van der Waals surface area contributed by atoms with E-state index in [0.29, 0.717) is 24.7 Å². The standard InChI is InChI=1S/C15H15N3O3/c19-15(20)7-6-12-10-16-11-14(18-12)17-8-9-21-13-4-2-1-3-5-13/h1-7,10-11H,8-9H2,(H,17,18)(H,19,20). The van der Waals surface area contributed by atoms with Crippen LogP contribution in [0.1, 0.15) is 5.69 Å². The Bertz CT molecular complexity index is 615. The minimum atomic E-state index is -1.02. The van der Waals surface area contributed by atoms with E-state index in [-0.39, 0.29) is 0 Å². The number of rotatable bonds is 7. The normalized spacial score (nSPS) is 10.5. The molecule has 6 nitrogen and oxygen atoms in total. The molecule has 0 aliphatic heterocycles. The number of aromatic nitrogens is 2. The largest absolute Gasteiger partial charge is 0.492 e. The van der Waals surface area contributed by atoms with E-state index in [1.165, 1.54) is 12.3 Å². The maximum atomic E-state index is 10.4. The summed E-state index contributed by atoms with van der Waals surface area (Å²) in [6.07, 6.45) is 5.47. The second-order valence-corrected chi connectivity index (χ2v) is 4.09. The highest BCUT2D eigenvalue weighted by atomic mass is 16.5. The minimum absolute atomic E-state index is 0.478. The number of hydrogen-bond acceptors (Lipinski definition) is 5. The van der Waals surface area contributed by atoms with Gasteiger partial charge in [0.25, 0.3) is 0 Å². The molecule has 0 atom stereocenters. The van der Waals surface area contributed by atoms with Crippen LogP contribution in [0, 0.1) is 0 Å². The molecule has 108 valence electrons. The number of carbonyl (C=O) groups is 1. The van der Waals surface area contributed by atoms with Gasteiger partial charge in [-0.05, 0) is 18.2 Å². The summed E-state index contributed by atoms with van der Waals surface area (Å²) in [5, 5.41) is 11.6. The third-order valence-corrected chi connectivity index (χ3v) is 2.47. The number of carboxylic acid groups (broad SMARTS) is 1. The summed E-state index contributed by atoms with van der Waals surface area (Å²) in [7, 11) is 0. The van der Waals surface area contributed by atoms with E-state index in [2.05, 4.69) is 15.3 Å². The zero-order chi connectivity index (χ0) is 14.9. The fraction of sp³-hybridized carbons (Fsp3) is 0.133. The third kappa shape index (κ3) is 5.32. The SMILES string of the molecule is O=C(O)C=Cc1cncc(NCCOc2ccccc2)n1. The third-order valence-electron chi connectivity index (χ3n) is 2.47. The van der Waals surface area contributed by atoms with Gasteiger partial charge in [-0.1, -0.05) is 18.2 Å². The first-order valence-electron chi connectivity index (χ1n) is 6.39. The monoisotopic (exact) mass is 285 g/mol. The van der Waals surface area contributed by atoms with Crippen LogP contribution in [-0.2, 0) is 4.79 Å². The number of nitrogens with zero attached hydrogens (tertiary/aromatic N) is 2. The van der Waals surface area contributed by atoms with Gasteiger partial charge in [-0.15, -0.1) is 0 Å². The molecule has 2 N–H and O–H groups in total. The van der Waals surface area contributed by atoms with Crippen molar-refractivity contribution in [3.63, 3.8) is 0 Å². The summed E-state index contributed by atoms with van der Waals surface area (Å²) in [5.41, 5.74) is 0.478. The number of benzene rings is 1. The summed E-state index contributed by atoms with van der Waals surface area (Å²) in [6, 6.07) is 9.52. The van der Waals surface area contributed by atoms with Crippen molar-refractivity contribution in [2.24, 2.45) is 0 Å². The first-order valence-corrected chi connectivity index (χ1v) is 6.39. The van der Waals surface area contributed by atoms with Crippen molar-refractivity contribution >= 4 is 17.9 Å². The molecular formula is C15H15N3O3. The molecule has 0 bridgehead atoms. The molecule has 6 heteroatoms. The molecule has 0 radical (unpaired) electrons. The molecule has 21 heavy (non-hydrogen) atoms. The lowest BCUT2D eigenvalue weighted by molar-refractivity contribution is -0.131. The number of para-hydroxylation sites is 1. The van der Waals surface area contributed by atoms with Gasteiger partial charge in [-0.3, -0.25) is 4.98 Å². The summed E-state index contributed by atoms with van der Waals surface area (Å²) in [5.74, 6) is 0.356. The zero-order valence-electron chi connectivity index (χ0n) is 11.3. The molecule has 0 spiro atoms. The van der Waals surface area contributed by atoms with Gasteiger partial charge in [0.05, 0.1) is 24.6 Å². The smallest absolute Gasteiger partial charge is 0.328 e. The topological polar surface area (TPSA) is 84.3 Å². The van der Waals surface area contributed by atoms with Gasteiger partial charge in [0.2, 0.25) is 0 Å². The summed E-state index contributed by atoms with van der Waals surface area (Å²) in [6.45, 7) is 1.05. The van der Waals surface area contributed by atoms with Crippen LogP contribution in [0.4, 0.5) is 5.82 Å². The number of hydrogen-bond donors (Lipinski definition) is 2. The van der Waals surface area contributed by atoms with Crippen LogP contribution in [0.5, 0.6) is 5.75 Å². The maximum Gasteiger partial charge on any atom is 0.328 e. The molecule has 2 rings (SSSR count). The van der Waals surface area contributed by atoms with Gasteiger partial charge in [-0.2, -0.15) is 0 Å². The van der Waals surface area contributed by atoms with Crippen LogP contribution in [-0.4, -0.2) is 34.2 Å². The number of carboxylic acids is 1. The number of aliphatic carboxylic acids is 1. The Morgan fingerprint density at radius 3 is 2.86 bits per heavy atom. The summed E-state index contributed by atoms with van der Waals surface area (Å²) >= 11 is 0. The Hall–Kier alpha value is -2.89. The molecule has 0 amide bonds. The highest BCUT2D eigenvalue weighted by Crippen LogP contribution is 2.08. The Kier molecular flexibility index (Phi) is 5.28. The predicted octanol–water partition coefficient (Wildman–Crippen LogP) is 2.07. The Balaban J connectivity index is 1.80. The van der Waals surface area contributed by atoms with Crippen molar-refractivity contribution < 1.29 is 14.6 Å². The van der Waals surface area contributed by atoms with E-state index in [0.717, 1.165) is 11.8 Å². The Morgan fingerprint density at radius 2 is 2.10 bits per heavy atom. The zero-order valence-corrected chi connectivity index (χ0v) is 11.3. The first kappa shape index (κ1) is 14.5. The summed E-state index contributed by atoms with van der Waals surface area (Å²) < 4.78 is 5.53. The van der Waals surface area contributed by atoms with Crippen LogP contribution in [0.15, 0.2) is 48.8 Å². The average Bonchev–Trinajstić information content (AvgIpc) is 2.51. The van der Waals surface area contributed by atoms with Crippen LogP contribution >= 0.6 is 0 Å². The lowest BCUT2D eigenvalue weighted by atomic mass is 10.3. The average molecular weight is 285 g/mol. The van der Waals surface area contributed by atoms with Gasteiger partial charge < -0.3 is 15.2 Å². The lowest BCUT2D eigenvalue weighted by Crippen LogP contribution is -2.12. The second kappa shape index (κ2) is 7.64. The summed E-state index contributed by atoms with van der Waals surface area (Å²) in [4.78, 5) is 18.6. The second-order valence-electron chi connectivity index (χ2n) is 4.09. The van der Waals surface area contributed by atoms with Crippen molar-refractivity contribution in [2.75, 3.05) is 18.5 Å². The Labute approximate surface area is 122 Å². The van der Waals surface area contributed by atoms with E-state index >= 15 is 0 Å². The number of anilines is 1. The van der Waals surface area contributed by atoms with Crippen LogP contribution in [0.3, 0.4) is 0 Å². The van der Waals surface area contributed by atoms with Crippen molar-refractivity contribution in [3.05, 3.63) is 54.5 Å². The predicted molar refractivity (Wildman–Crippen MR) is 79.1 cm³/mol. The molecule has 0 unspecified atom stereocenters. The van der Waals surface area contributed by atoms with Crippen molar-refractivity contribution in [3.8, 4) is 5.75 Å². The van der Waals surface area contributed by atoms with Crippen LogP contribution in [0.25, 0.3) is 6.08 Å². The fourth-order valence-corrected chi connectivity index (χ4v) is 1.57. The van der Waals surface area contributed by atoms with Crippen molar-refractivity contribution in [1.82, 2.24) is 9.97 Å². The molecule has 0 fully saturated rings. The van der Waals surface area contributed by atoms with Gasteiger partial charge in [0.1, 0.15) is 18.2 Å². The van der Waals surface area contributed by atoms with Crippen LogP contribution < -0.4 is 10.1 Å². The number of ether oxygens (including phenoxy) is 1. The fourth-order valence-electron chi connectivity index (χ4n) is 1.57. The van der Waals surface area contributed by atoms with E-state index in [1.54, 1.807) is 6.20 Å². The van der Waals surface area contributed by atoms with E-state index in [1.807, 2.05) is 30.3 Å². The molecule has 2 aromatic rings. The molecule has 1 aromatic heterocycles. The Morgan fingerprint density at radius 1 is 1.29 bits per heavy atom. The van der Waals surface area contributed by atoms with E-state index in [9.17, 15) is 4.79 Å². The number of nitrogens with one attached hydrogen (secondary N) is 1. The first-order chi connectivity index (χ1) is 10.2. The van der Waals surface area contributed by atoms with E-state index in [4.69, 9.17) is 9.84 Å². The minimum Gasteiger partial charge on any atom is -0.492 e. The molecule has 0 aliphatic carbocycles. The molecule has 0 saturated heterocycles. The lowest BCUT2D eigenvalue weighted by Gasteiger charge is -2.07. The van der Waals surface area contributed by atoms with Gasteiger partial charge in [0.15, 0.2) is 0 Å². The van der Waals surface area contributed by atoms with Gasteiger partial charge in [0, 0.05) is 6.08 Å². The molecule has 1 heterocycles. The van der Waals surface area contributed by atoms with Gasteiger partial charge in [-0.25, -0.2) is 9.78 Å².